The van der Waals surface area contributed by atoms with E-state index < -0.39 is 0 Å². The zero-order valence-electron chi connectivity index (χ0n) is 20.6. The summed E-state index contributed by atoms with van der Waals surface area (Å²) in [6.45, 7) is 0.415. The highest BCUT2D eigenvalue weighted by molar-refractivity contribution is 6.34. The van der Waals surface area contributed by atoms with Gasteiger partial charge in [-0.25, -0.2) is 0 Å². The molecule has 0 heterocycles. The molecule has 0 spiro atoms. The van der Waals surface area contributed by atoms with Crippen molar-refractivity contribution in [2.75, 3.05) is 24.3 Å². The van der Waals surface area contributed by atoms with Gasteiger partial charge in [-0.1, -0.05) is 66.7 Å². The number of hydrogen-bond acceptors (Lipinski definition) is 3. The summed E-state index contributed by atoms with van der Waals surface area (Å²) in [4.78, 5) is 30.6. The van der Waals surface area contributed by atoms with Crippen LogP contribution in [0.5, 0.6) is 0 Å². The predicted octanol–water partition coefficient (Wildman–Crippen LogP) is 7.29. The molecule has 7 heteroatoms. The Kier molecular flexibility index (Phi) is 8.55. The van der Waals surface area contributed by atoms with Crippen LogP contribution in [0.1, 0.15) is 58.4 Å². The summed E-state index contributed by atoms with van der Waals surface area (Å²) in [6, 6.07) is 20.1. The third kappa shape index (κ3) is 6.03. The molecule has 0 radical (unpaired) electrons. The zero-order valence-corrected chi connectivity index (χ0v) is 22.1. The van der Waals surface area contributed by atoms with Crippen molar-refractivity contribution in [3.05, 3.63) is 93.5 Å². The Hall–Kier alpha value is -3.02. The standard InChI is InChI=1S/C29H31Cl2N3O2/c1-33(2)27-17-16-21(32-28(35)23-12-6-8-14-25(23)30)18-20(27)19-34(22-10-4-3-5-11-22)29(36)24-13-7-9-15-26(24)31/h6-9,12-18,22H,3-5,10-11,19H2,1-2H3,(H,32,35). The molecule has 1 N–H and O–H groups in total. The van der Waals surface area contributed by atoms with Gasteiger partial charge in [0.15, 0.2) is 0 Å². The summed E-state index contributed by atoms with van der Waals surface area (Å²) in [5, 5.41) is 3.81. The fourth-order valence-electron chi connectivity index (χ4n) is 4.80. The van der Waals surface area contributed by atoms with Crippen LogP contribution in [0.2, 0.25) is 10.0 Å². The van der Waals surface area contributed by atoms with Crippen molar-refractivity contribution < 1.29 is 9.59 Å². The maximum atomic E-state index is 13.8. The number of benzene rings is 3. The predicted molar refractivity (Wildman–Crippen MR) is 148 cm³/mol. The second-order valence-corrected chi connectivity index (χ2v) is 10.2. The third-order valence-electron chi connectivity index (χ3n) is 6.66. The van der Waals surface area contributed by atoms with E-state index in [0.717, 1.165) is 36.9 Å². The van der Waals surface area contributed by atoms with Gasteiger partial charge in [0.25, 0.3) is 11.8 Å². The van der Waals surface area contributed by atoms with Gasteiger partial charge in [-0.15, -0.1) is 0 Å². The van der Waals surface area contributed by atoms with Crippen molar-refractivity contribution in [2.24, 2.45) is 0 Å². The van der Waals surface area contributed by atoms with Gasteiger partial charge in [0.05, 0.1) is 21.2 Å². The zero-order chi connectivity index (χ0) is 25.7. The van der Waals surface area contributed by atoms with Crippen molar-refractivity contribution in [2.45, 2.75) is 44.7 Å². The highest BCUT2D eigenvalue weighted by Gasteiger charge is 2.28. The Labute approximate surface area is 223 Å². The monoisotopic (exact) mass is 523 g/mol. The molecule has 36 heavy (non-hydrogen) atoms. The van der Waals surface area contributed by atoms with Crippen molar-refractivity contribution in [1.82, 2.24) is 4.90 Å². The van der Waals surface area contributed by atoms with Crippen LogP contribution >= 0.6 is 23.2 Å². The first-order chi connectivity index (χ1) is 17.3. The van der Waals surface area contributed by atoms with Gasteiger partial charge < -0.3 is 15.1 Å². The lowest BCUT2D eigenvalue weighted by molar-refractivity contribution is 0.0614. The summed E-state index contributed by atoms with van der Waals surface area (Å²) in [7, 11) is 3.95. The molecule has 2 amide bonds. The largest absolute Gasteiger partial charge is 0.377 e. The van der Waals surface area contributed by atoms with Crippen LogP contribution in [0, 0.1) is 0 Å². The van der Waals surface area contributed by atoms with E-state index in [0.29, 0.717) is 33.4 Å². The average molecular weight is 524 g/mol. The fraction of sp³-hybridized carbons (Fsp3) is 0.310. The minimum atomic E-state index is -0.277. The molecule has 0 aliphatic heterocycles. The van der Waals surface area contributed by atoms with E-state index in [-0.39, 0.29) is 17.9 Å². The second kappa shape index (κ2) is 11.8. The quantitative estimate of drug-likeness (QED) is 0.353. The molecular weight excluding hydrogens is 493 g/mol. The molecule has 3 aromatic carbocycles. The SMILES string of the molecule is CN(C)c1ccc(NC(=O)c2ccccc2Cl)cc1CN(C(=O)c1ccccc1Cl)C1CCCCC1. The maximum Gasteiger partial charge on any atom is 0.257 e. The minimum absolute atomic E-state index is 0.0669. The van der Waals surface area contributed by atoms with E-state index in [4.69, 9.17) is 23.2 Å². The number of nitrogens with zero attached hydrogens (tertiary/aromatic N) is 2. The van der Waals surface area contributed by atoms with E-state index in [1.165, 1.54) is 6.42 Å². The van der Waals surface area contributed by atoms with Gasteiger partial charge in [-0.2, -0.15) is 0 Å². The number of amides is 2. The van der Waals surface area contributed by atoms with Crippen LogP contribution in [0.25, 0.3) is 0 Å². The topological polar surface area (TPSA) is 52.7 Å². The molecule has 1 aliphatic carbocycles. The highest BCUT2D eigenvalue weighted by Crippen LogP contribution is 2.31. The number of carbonyl (C=O) groups is 2. The minimum Gasteiger partial charge on any atom is -0.377 e. The summed E-state index contributed by atoms with van der Waals surface area (Å²) in [5.74, 6) is -0.344. The van der Waals surface area contributed by atoms with E-state index >= 15 is 0 Å². The smallest absolute Gasteiger partial charge is 0.257 e. The lowest BCUT2D eigenvalue weighted by Crippen LogP contribution is -2.41. The summed E-state index contributed by atoms with van der Waals surface area (Å²) in [6.07, 6.45) is 5.33. The Morgan fingerprint density at radius 2 is 1.47 bits per heavy atom. The molecule has 0 aromatic heterocycles. The van der Waals surface area contributed by atoms with Gasteiger partial charge in [0, 0.05) is 38.1 Å². The summed E-state index contributed by atoms with van der Waals surface area (Å²) < 4.78 is 0. The van der Waals surface area contributed by atoms with Gasteiger partial charge in [0.1, 0.15) is 0 Å². The Morgan fingerprint density at radius 1 is 0.861 bits per heavy atom. The van der Waals surface area contributed by atoms with Crippen molar-refractivity contribution in [3.8, 4) is 0 Å². The number of hydrogen-bond donors (Lipinski definition) is 1. The van der Waals surface area contributed by atoms with Crippen LogP contribution in [-0.4, -0.2) is 36.9 Å². The number of carbonyl (C=O) groups excluding carboxylic acids is 2. The molecule has 5 nitrogen and oxygen atoms in total. The molecule has 1 saturated carbocycles. The molecule has 1 aliphatic rings. The van der Waals surface area contributed by atoms with Crippen LogP contribution in [0.3, 0.4) is 0 Å². The second-order valence-electron chi connectivity index (χ2n) is 9.38. The normalized spacial score (nSPS) is 13.8. The highest BCUT2D eigenvalue weighted by atomic mass is 35.5. The van der Waals surface area contributed by atoms with Crippen LogP contribution in [-0.2, 0) is 6.54 Å². The van der Waals surface area contributed by atoms with Gasteiger partial charge >= 0.3 is 0 Å². The lowest BCUT2D eigenvalue weighted by Gasteiger charge is -2.35. The Balaban J connectivity index is 1.67. The maximum absolute atomic E-state index is 13.8. The van der Waals surface area contributed by atoms with Crippen LogP contribution < -0.4 is 10.2 Å². The Morgan fingerprint density at radius 3 is 2.08 bits per heavy atom. The first kappa shape index (κ1) is 26.1. The van der Waals surface area contributed by atoms with Crippen LogP contribution in [0.4, 0.5) is 11.4 Å². The van der Waals surface area contributed by atoms with E-state index in [1.54, 1.807) is 36.4 Å². The number of rotatable bonds is 7. The number of halogens is 2. The average Bonchev–Trinajstić information content (AvgIpc) is 2.88. The molecular formula is C29H31Cl2N3O2. The summed E-state index contributed by atoms with van der Waals surface area (Å²) in [5.41, 5.74) is 3.50. The molecule has 4 rings (SSSR count). The molecule has 3 aromatic rings. The van der Waals surface area contributed by atoms with Gasteiger partial charge in [-0.3, -0.25) is 9.59 Å². The first-order valence-corrected chi connectivity index (χ1v) is 13.0. The van der Waals surface area contributed by atoms with Crippen LogP contribution in [0.15, 0.2) is 66.7 Å². The van der Waals surface area contributed by atoms with Crippen molar-refractivity contribution in [3.63, 3.8) is 0 Å². The molecule has 1 fully saturated rings. The fourth-order valence-corrected chi connectivity index (χ4v) is 5.24. The molecule has 0 atom stereocenters. The molecule has 0 saturated heterocycles. The molecule has 188 valence electrons. The molecule has 0 unspecified atom stereocenters. The van der Waals surface area contributed by atoms with Gasteiger partial charge in [-0.05, 0) is 60.9 Å². The van der Waals surface area contributed by atoms with Crippen molar-refractivity contribution >= 4 is 46.4 Å². The van der Waals surface area contributed by atoms with E-state index in [9.17, 15) is 9.59 Å². The van der Waals surface area contributed by atoms with Gasteiger partial charge in [0.2, 0.25) is 0 Å². The van der Waals surface area contributed by atoms with E-state index in [1.807, 2.05) is 54.2 Å². The Bertz CT molecular complexity index is 1240. The third-order valence-corrected chi connectivity index (χ3v) is 7.32. The number of anilines is 2. The summed E-state index contributed by atoms with van der Waals surface area (Å²) >= 11 is 12.6. The van der Waals surface area contributed by atoms with E-state index in [2.05, 4.69) is 5.32 Å². The number of nitrogens with one attached hydrogen (secondary N) is 1. The van der Waals surface area contributed by atoms with Crippen molar-refractivity contribution in [1.29, 1.82) is 0 Å². The first-order valence-electron chi connectivity index (χ1n) is 12.3. The lowest BCUT2D eigenvalue weighted by atomic mass is 9.93. The molecule has 0 bridgehead atoms.